The zero-order valence-corrected chi connectivity index (χ0v) is 18.9. The molecule has 0 unspecified atom stereocenters. The molecule has 0 bridgehead atoms. The standard InChI is InChI=1S/C24H25NO9/c1-30-19-12-15(14-26)13-20(22(19)31-2)34-11-10-33-9-8-32-7-6-18(27)16-4-3-5-17-21(16)24(29)25-23(17)28/h3-5,12-14H,6-11H2,1-2H3,(H,25,28,29). The van der Waals surface area contributed by atoms with E-state index in [2.05, 4.69) is 5.32 Å². The first kappa shape index (κ1) is 24.9. The Bertz CT molecular complexity index is 1080. The largest absolute Gasteiger partial charge is 0.493 e. The van der Waals surface area contributed by atoms with Crippen molar-refractivity contribution in [1.29, 1.82) is 0 Å². The fourth-order valence-electron chi connectivity index (χ4n) is 3.41. The van der Waals surface area contributed by atoms with Crippen molar-refractivity contribution in [1.82, 2.24) is 5.32 Å². The summed E-state index contributed by atoms with van der Waals surface area (Å²) in [6.45, 7) is 1.16. The molecule has 180 valence electrons. The van der Waals surface area contributed by atoms with Crippen LogP contribution in [0.15, 0.2) is 30.3 Å². The minimum absolute atomic E-state index is 0.0652. The summed E-state index contributed by atoms with van der Waals surface area (Å²) in [4.78, 5) is 47.2. The Labute approximate surface area is 196 Å². The zero-order valence-electron chi connectivity index (χ0n) is 18.9. The molecule has 0 aromatic heterocycles. The van der Waals surface area contributed by atoms with Crippen LogP contribution in [0.1, 0.15) is 47.9 Å². The van der Waals surface area contributed by atoms with Crippen LogP contribution in [0.5, 0.6) is 17.2 Å². The van der Waals surface area contributed by atoms with Gasteiger partial charge >= 0.3 is 0 Å². The quantitative estimate of drug-likeness (QED) is 0.191. The van der Waals surface area contributed by atoms with Crippen LogP contribution >= 0.6 is 0 Å². The average Bonchev–Trinajstić information content (AvgIpc) is 3.15. The molecule has 0 fully saturated rings. The fraction of sp³-hybridized carbons (Fsp3) is 0.333. The molecular formula is C24H25NO9. The molecule has 1 aliphatic heterocycles. The van der Waals surface area contributed by atoms with Gasteiger partial charge in [-0.1, -0.05) is 12.1 Å². The monoisotopic (exact) mass is 471 g/mol. The number of hydrogen-bond acceptors (Lipinski definition) is 9. The van der Waals surface area contributed by atoms with Crippen LogP contribution < -0.4 is 19.5 Å². The first-order valence-corrected chi connectivity index (χ1v) is 10.5. The SMILES string of the molecule is COc1cc(C=O)cc(OCCOCCOCCC(=O)c2cccc3c2C(=O)NC3=O)c1OC. The lowest BCUT2D eigenvalue weighted by Crippen LogP contribution is -2.20. The number of amides is 2. The fourth-order valence-corrected chi connectivity index (χ4v) is 3.41. The van der Waals surface area contributed by atoms with Gasteiger partial charge in [0.15, 0.2) is 17.3 Å². The van der Waals surface area contributed by atoms with Crippen LogP contribution in [0.25, 0.3) is 0 Å². The van der Waals surface area contributed by atoms with Crippen molar-refractivity contribution in [2.75, 3.05) is 47.3 Å². The van der Waals surface area contributed by atoms with Gasteiger partial charge in [0.25, 0.3) is 11.8 Å². The maximum Gasteiger partial charge on any atom is 0.259 e. The number of benzene rings is 2. The van der Waals surface area contributed by atoms with Crippen molar-refractivity contribution in [3.8, 4) is 17.2 Å². The second kappa shape index (κ2) is 11.9. The van der Waals surface area contributed by atoms with Gasteiger partial charge < -0.3 is 23.7 Å². The van der Waals surface area contributed by atoms with Gasteiger partial charge in [-0.15, -0.1) is 0 Å². The highest BCUT2D eigenvalue weighted by Gasteiger charge is 2.30. The van der Waals surface area contributed by atoms with E-state index < -0.39 is 11.8 Å². The minimum atomic E-state index is -0.561. The first-order valence-electron chi connectivity index (χ1n) is 10.5. The van der Waals surface area contributed by atoms with E-state index in [0.29, 0.717) is 29.1 Å². The highest BCUT2D eigenvalue weighted by Crippen LogP contribution is 2.38. The van der Waals surface area contributed by atoms with E-state index >= 15 is 0 Å². The summed E-state index contributed by atoms with van der Waals surface area (Å²) in [5, 5.41) is 2.19. The smallest absolute Gasteiger partial charge is 0.259 e. The van der Waals surface area contributed by atoms with E-state index in [9.17, 15) is 19.2 Å². The number of aldehydes is 1. The number of ether oxygens (including phenoxy) is 5. The van der Waals surface area contributed by atoms with Crippen LogP contribution in [-0.4, -0.2) is 71.1 Å². The van der Waals surface area contributed by atoms with Crippen molar-refractivity contribution in [2.24, 2.45) is 0 Å². The van der Waals surface area contributed by atoms with E-state index in [1.165, 1.54) is 26.4 Å². The third-order valence-corrected chi connectivity index (χ3v) is 5.00. The van der Waals surface area contributed by atoms with Gasteiger partial charge in [-0.25, -0.2) is 0 Å². The number of carbonyl (C=O) groups excluding carboxylic acids is 4. The number of Topliss-reactive ketones (excluding diaryl/α,β-unsaturated/α-hetero) is 1. The lowest BCUT2D eigenvalue weighted by atomic mass is 9.98. The van der Waals surface area contributed by atoms with Crippen molar-refractivity contribution < 1.29 is 42.9 Å². The molecule has 0 saturated carbocycles. The summed E-state index contributed by atoms with van der Waals surface area (Å²) < 4.78 is 27.0. The summed E-state index contributed by atoms with van der Waals surface area (Å²) in [5.41, 5.74) is 0.933. The molecule has 0 radical (unpaired) electrons. The predicted octanol–water partition coefficient (Wildman–Crippen LogP) is 2.08. The van der Waals surface area contributed by atoms with Crippen LogP contribution in [0.3, 0.4) is 0 Å². The number of ketones is 1. The van der Waals surface area contributed by atoms with Gasteiger partial charge in [-0.2, -0.15) is 0 Å². The Hall–Kier alpha value is -3.76. The number of carbonyl (C=O) groups is 4. The van der Waals surface area contributed by atoms with E-state index in [-0.39, 0.29) is 61.9 Å². The van der Waals surface area contributed by atoms with Crippen LogP contribution in [-0.2, 0) is 9.47 Å². The molecule has 0 atom stereocenters. The van der Waals surface area contributed by atoms with Gasteiger partial charge in [-0.05, 0) is 18.2 Å². The Morgan fingerprint density at radius 1 is 0.912 bits per heavy atom. The van der Waals surface area contributed by atoms with Crippen LogP contribution in [0.4, 0.5) is 0 Å². The first-order chi connectivity index (χ1) is 16.5. The second-order valence-electron chi connectivity index (χ2n) is 7.13. The van der Waals surface area contributed by atoms with E-state index in [0.717, 1.165) is 0 Å². The summed E-state index contributed by atoms with van der Waals surface area (Å²) in [5.74, 6) is -0.204. The number of nitrogens with one attached hydrogen (secondary N) is 1. The van der Waals surface area contributed by atoms with Crippen molar-refractivity contribution >= 4 is 23.9 Å². The maximum atomic E-state index is 12.4. The molecule has 1 heterocycles. The van der Waals surface area contributed by atoms with Crippen molar-refractivity contribution in [3.63, 3.8) is 0 Å². The Balaban J connectivity index is 1.35. The van der Waals surface area contributed by atoms with Gasteiger partial charge in [0, 0.05) is 17.5 Å². The van der Waals surface area contributed by atoms with Gasteiger partial charge in [0.2, 0.25) is 5.75 Å². The average molecular weight is 471 g/mol. The summed E-state index contributed by atoms with van der Waals surface area (Å²) in [7, 11) is 2.94. The molecule has 0 saturated heterocycles. The number of hydrogen-bond donors (Lipinski definition) is 1. The number of fused-ring (bicyclic) bond motifs is 1. The molecule has 0 spiro atoms. The normalized spacial score (nSPS) is 12.2. The zero-order chi connectivity index (χ0) is 24.5. The second-order valence-corrected chi connectivity index (χ2v) is 7.13. The summed E-state index contributed by atoms with van der Waals surface area (Å²) >= 11 is 0. The number of imide groups is 1. The van der Waals surface area contributed by atoms with Crippen molar-refractivity contribution in [2.45, 2.75) is 6.42 Å². The molecule has 1 N–H and O–H groups in total. The predicted molar refractivity (Wildman–Crippen MR) is 119 cm³/mol. The highest BCUT2D eigenvalue weighted by molar-refractivity contribution is 6.25. The summed E-state index contributed by atoms with van der Waals surface area (Å²) in [6.07, 6.45) is 0.753. The molecule has 3 rings (SSSR count). The third-order valence-electron chi connectivity index (χ3n) is 5.00. The lowest BCUT2D eigenvalue weighted by Gasteiger charge is -2.14. The Kier molecular flexibility index (Phi) is 8.72. The highest BCUT2D eigenvalue weighted by atomic mass is 16.6. The Morgan fingerprint density at radius 3 is 2.32 bits per heavy atom. The third kappa shape index (κ3) is 5.77. The van der Waals surface area contributed by atoms with E-state index in [1.807, 2.05) is 0 Å². The van der Waals surface area contributed by atoms with Gasteiger partial charge in [-0.3, -0.25) is 24.5 Å². The molecule has 10 heteroatoms. The van der Waals surface area contributed by atoms with Gasteiger partial charge in [0.1, 0.15) is 12.9 Å². The topological polar surface area (TPSA) is 126 Å². The number of rotatable bonds is 14. The molecule has 1 aliphatic rings. The molecular weight excluding hydrogens is 446 g/mol. The Morgan fingerprint density at radius 2 is 1.62 bits per heavy atom. The molecule has 2 aromatic rings. The lowest BCUT2D eigenvalue weighted by molar-refractivity contribution is 0.0349. The molecule has 10 nitrogen and oxygen atoms in total. The molecule has 0 aliphatic carbocycles. The minimum Gasteiger partial charge on any atom is -0.493 e. The summed E-state index contributed by atoms with van der Waals surface area (Å²) in [6, 6.07) is 7.71. The van der Waals surface area contributed by atoms with Crippen LogP contribution in [0, 0.1) is 0 Å². The maximum absolute atomic E-state index is 12.4. The van der Waals surface area contributed by atoms with Crippen LogP contribution in [0.2, 0.25) is 0 Å². The van der Waals surface area contributed by atoms with E-state index in [4.69, 9.17) is 23.7 Å². The number of methoxy groups -OCH3 is 2. The molecule has 34 heavy (non-hydrogen) atoms. The van der Waals surface area contributed by atoms with Crippen molar-refractivity contribution in [3.05, 3.63) is 52.6 Å². The van der Waals surface area contributed by atoms with E-state index in [1.54, 1.807) is 18.2 Å². The van der Waals surface area contributed by atoms with Gasteiger partial charge in [0.05, 0.1) is 51.8 Å². The molecule has 2 aromatic carbocycles. The molecule has 2 amide bonds.